The smallest absolute Gasteiger partial charge is 0.444 e. The van der Waals surface area contributed by atoms with Crippen LogP contribution in [0.4, 0.5) is 18.0 Å². The number of aromatic nitrogens is 1. The molecule has 0 saturated carbocycles. The molecule has 0 aliphatic carbocycles. The molecule has 0 spiro atoms. The molecular weight excluding hydrogens is 483 g/mol. The lowest BCUT2D eigenvalue weighted by atomic mass is 9.90. The first-order valence-electron chi connectivity index (χ1n) is 12.6. The maximum Gasteiger partial charge on any atom is 0.471 e. The summed E-state index contributed by atoms with van der Waals surface area (Å²) in [4.78, 5) is 26.2. The van der Waals surface area contributed by atoms with Crippen molar-refractivity contribution >= 4 is 12.0 Å². The van der Waals surface area contributed by atoms with Crippen molar-refractivity contribution in [3.63, 3.8) is 0 Å². The molecule has 1 aromatic heterocycles. The van der Waals surface area contributed by atoms with Gasteiger partial charge in [-0.25, -0.2) is 9.36 Å². The summed E-state index contributed by atoms with van der Waals surface area (Å²) in [6.07, 6.45) is -0.206. The van der Waals surface area contributed by atoms with Gasteiger partial charge in [-0.05, 0) is 65.4 Å². The van der Waals surface area contributed by atoms with E-state index < -0.39 is 35.4 Å². The summed E-state index contributed by atoms with van der Waals surface area (Å²) in [7, 11) is 0. The molecule has 2 atom stereocenters. The van der Waals surface area contributed by atoms with Gasteiger partial charge in [0, 0.05) is 29.8 Å². The van der Waals surface area contributed by atoms with Crippen LogP contribution in [0, 0.1) is 5.92 Å². The molecule has 0 radical (unpaired) electrons. The number of alkyl halides is 3. The molecule has 1 unspecified atom stereocenters. The minimum Gasteiger partial charge on any atom is -0.444 e. The third kappa shape index (κ3) is 8.20. The maximum atomic E-state index is 13.1. The van der Waals surface area contributed by atoms with Gasteiger partial charge in [0.15, 0.2) is 18.9 Å². The van der Waals surface area contributed by atoms with Gasteiger partial charge in [-0.1, -0.05) is 30.3 Å². The zero-order chi connectivity index (χ0) is 27.4. The molecule has 1 aliphatic heterocycles. The Morgan fingerprint density at radius 2 is 1.73 bits per heavy atom. The molecule has 37 heavy (non-hydrogen) atoms. The van der Waals surface area contributed by atoms with Gasteiger partial charge in [0.05, 0.1) is 6.04 Å². The van der Waals surface area contributed by atoms with E-state index in [0.717, 1.165) is 5.56 Å². The number of carbonyl (C=O) groups is 2. The first-order valence-corrected chi connectivity index (χ1v) is 12.6. The van der Waals surface area contributed by atoms with Crippen molar-refractivity contribution in [2.75, 3.05) is 6.54 Å². The molecule has 1 fully saturated rings. The number of amides is 2. The monoisotopic (exact) mass is 520 g/mol. The van der Waals surface area contributed by atoms with Crippen molar-refractivity contribution < 1.29 is 32.1 Å². The third-order valence-electron chi connectivity index (χ3n) is 6.53. The summed E-state index contributed by atoms with van der Waals surface area (Å²) in [5, 5.41) is 2.17. The normalized spacial score (nSPS) is 18.4. The summed E-state index contributed by atoms with van der Waals surface area (Å²) in [5.74, 6) is -1.89. The number of nitrogens with zero attached hydrogens (tertiary/aromatic N) is 2. The predicted molar refractivity (Wildman–Crippen MR) is 133 cm³/mol. The fourth-order valence-corrected chi connectivity index (χ4v) is 4.78. The average molecular weight is 521 g/mol. The van der Waals surface area contributed by atoms with E-state index in [1.54, 1.807) is 29.4 Å². The van der Waals surface area contributed by atoms with E-state index in [9.17, 15) is 22.8 Å². The van der Waals surface area contributed by atoms with Crippen LogP contribution in [0.3, 0.4) is 0 Å². The van der Waals surface area contributed by atoms with Gasteiger partial charge in [0.1, 0.15) is 5.60 Å². The Balaban J connectivity index is 1.70. The largest absolute Gasteiger partial charge is 0.471 e. The molecule has 0 bridgehead atoms. The molecule has 1 aromatic carbocycles. The highest BCUT2D eigenvalue weighted by Gasteiger charge is 2.43. The molecule has 2 aromatic rings. The average Bonchev–Trinajstić information content (AvgIpc) is 3.10. The van der Waals surface area contributed by atoms with Gasteiger partial charge in [-0.3, -0.25) is 4.79 Å². The van der Waals surface area contributed by atoms with Gasteiger partial charge in [-0.2, -0.15) is 13.2 Å². The molecule has 2 amide bonds. The fraction of sp³-hybridized carbons (Fsp3) is 0.536. The first kappa shape index (κ1) is 28.5. The number of benzene rings is 1. The van der Waals surface area contributed by atoms with E-state index in [1.807, 2.05) is 69.5 Å². The van der Waals surface area contributed by atoms with Crippen molar-refractivity contribution in [1.29, 1.82) is 0 Å². The van der Waals surface area contributed by atoms with Crippen LogP contribution in [0.1, 0.15) is 71.0 Å². The van der Waals surface area contributed by atoms with Crippen LogP contribution in [0.2, 0.25) is 0 Å². The number of rotatable bonds is 7. The number of hydrogen-bond donors (Lipinski definition) is 1. The zero-order valence-corrected chi connectivity index (χ0v) is 22.1. The predicted octanol–water partition coefficient (Wildman–Crippen LogP) is 5.56. The second-order valence-corrected chi connectivity index (χ2v) is 11.4. The number of nitrogens with one attached hydrogen (secondary N) is 1. The standard InChI is InChI=1S/C28H36F3N3O3/c1-26(2,3)37-25(36)34-19-21(17-27(34,4)5)11-12-23(32-24(35)28(29,30)31)22-13-15-33(16-14-22)18-20-9-7-6-8-10-20/h6-10,13-16,21,23H,11-12,17-19H2,1-5H3/p+1/t21-,23?/m0/s1. The second kappa shape index (κ2) is 11.1. The SMILES string of the molecule is CC(C)(C)OC(=O)N1C[C@@H](CCC(NC(=O)C(F)(F)F)c2cc[n+](Cc3ccccc3)cc2)CC1(C)C. The Bertz CT molecular complexity index is 1060. The lowest BCUT2D eigenvalue weighted by molar-refractivity contribution is -0.688. The summed E-state index contributed by atoms with van der Waals surface area (Å²) < 4.78 is 46.7. The van der Waals surface area contributed by atoms with Crippen molar-refractivity contribution in [3.8, 4) is 0 Å². The molecule has 2 heterocycles. The summed E-state index contributed by atoms with van der Waals surface area (Å²) >= 11 is 0. The lowest BCUT2D eigenvalue weighted by Crippen LogP contribution is -2.45. The van der Waals surface area contributed by atoms with Gasteiger partial charge in [0.25, 0.3) is 0 Å². The van der Waals surface area contributed by atoms with Crippen LogP contribution in [-0.4, -0.2) is 40.8 Å². The number of ether oxygens (including phenoxy) is 1. The molecule has 202 valence electrons. The van der Waals surface area contributed by atoms with Crippen LogP contribution in [0.15, 0.2) is 54.9 Å². The minimum absolute atomic E-state index is 0.0690. The number of hydrogen-bond acceptors (Lipinski definition) is 3. The van der Waals surface area contributed by atoms with Crippen LogP contribution in [0.5, 0.6) is 0 Å². The summed E-state index contributed by atoms with van der Waals surface area (Å²) in [5.41, 5.74) is 0.639. The Hall–Kier alpha value is -3.10. The molecule has 1 aliphatic rings. The molecule has 3 rings (SSSR count). The van der Waals surface area contributed by atoms with Crippen LogP contribution >= 0.6 is 0 Å². The van der Waals surface area contributed by atoms with Crippen LogP contribution < -0.4 is 9.88 Å². The second-order valence-electron chi connectivity index (χ2n) is 11.4. The topological polar surface area (TPSA) is 62.5 Å². The van der Waals surface area contributed by atoms with Crippen molar-refractivity contribution in [3.05, 3.63) is 66.0 Å². The van der Waals surface area contributed by atoms with E-state index in [2.05, 4.69) is 5.32 Å². The van der Waals surface area contributed by atoms with Crippen molar-refractivity contribution in [2.45, 2.75) is 83.8 Å². The Morgan fingerprint density at radius 1 is 1.11 bits per heavy atom. The Morgan fingerprint density at radius 3 is 2.30 bits per heavy atom. The quantitative estimate of drug-likeness (QED) is 0.487. The van der Waals surface area contributed by atoms with Crippen LogP contribution in [-0.2, 0) is 16.1 Å². The highest BCUT2D eigenvalue weighted by molar-refractivity contribution is 5.82. The van der Waals surface area contributed by atoms with Crippen LogP contribution in [0.25, 0.3) is 0 Å². The first-order chi connectivity index (χ1) is 17.1. The summed E-state index contributed by atoms with van der Waals surface area (Å²) in [6.45, 7) is 10.4. The number of halogens is 3. The summed E-state index contributed by atoms with van der Waals surface area (Å²) in [6, 6.07) is 12.5. The Kier molecular flexibility index (Phi) is 8.55. The van der Waals surface area contributed by atoms with E-state index in [1.165, 1.54) is 0 Å². The van der Waals surface area contributed by atoms with Gasteiger partial charge in [0.2, 0.25) is 0 Å². The molecule has 9 heteroatoms. The Labute approximate surface area is 216 Å². The van der Waals surface area contributed by atoms with Gasteiger partial charge in [-0.15, -0.1) is 0 Å². The van der Waals surface area contributed by atoms with E-state index in [0.29, 0.717) is 37.9 Å². The number of pyridine rings is 1. The minimum atomic E-state index is -4.97. The molecule has 1 saturated heterocycles. The van der Waals surface area contributed by atoms with Crippen molar-refractivity contribution in [2.24, 2.45) is 5.92 Å². The van der Waals surface area contributed by atoms with E-state index in [4.69, 9.17) is 4.74 Å². The van der Waals surface area contributed by atoms with Gasteiger partial charge >= 0.3 is 18.2 Å². The molecule has 6 nitrogen and oxygen atoms in total. The third-order valence-corrected chi connectivity index (χ3v) is 6.53. The fourth-order valence-electron chi connectivity index (χ4n) is 4.78. The van der Waals surface area contributed by atoms with E-state index in [-0.39, 0.29) is 5.92 Å². The maximum absolute atomic E-state index is 13.1. The van der Waals surface area contributed by atoms with Crippen molar-refractivity contribution in [1.82, 2.24) is 10.2 Å². The highest BCUT2D eigenvalue weighted by Crippen LogP contribution is 2.37. The van der Waals surface area contributed by atoms with Gasteiger partial charge < -0.3 is 15.0 Å². The lowest BCUT2D eigenvalue weighted by Gasteiger charge is -2.33. The zero-order valence-electron chi connectivity index (χ0n) is 22.1. The molecular formula is C28H37F3N3O3+. The van der Waals surface area contributed by atoms with E-state index >= 15 is 0 Å². The highest BCUT2D eigenvalue weighted by atomic mass is 19.4. The number of carbonyl (C=O) groups excluding carboxylic acids is 2. The molecule has 1 N–H and O–H groups in total. The number of likely N-dealkylation sites (tertiary alicyclic amines) is 1.